The van der Waals surface area contributed by atoms with E-state index in [9.17, 15) is 9.59 Å². The number of carbonyl (C=O) groups excluding carboxylic acids is 2. The zero-order chi connectivity index (χ0) is 14.2. The Labute approximate surface area is 128 Å². The van der Waals surface area contributed by atoms with Crippen LogP contribution in [0.25, 0.3) is 0 Å². The van der Waals surface area contributed by atoms with Crippen LogP contribution in [0.2, 0.25) is 0 Å². The van der Waals surface area contributed by atoms with Gasteiger partial charge in [-0.25, -0.2) is 0 Å². The maximum absolute atomic E-state index is 12.2. The minimum Gasteiger partial charge on any atom is -0.372 e. The lowest BCUT2D eigenvalue weighted by Crippen LogP contribution is -2.39. The van der Waals surface area contributed by atoms with Crippen molar-refractivity contribution in [2.75, 3.05) is 5.32 Å². The highest BCUT2D eigenvalue weighted by molar-refractivity contribution is 9.11. The van der Waals surface area contributed by atoms with Gasteiger partial charge >= 0.3 is 0 Å². The van der Waals surface area contributed by atoms with Crippen LogP contribution < -0.4 is 5.32 Å². The predicted octanol–water partition coefficient (Wildman–Crippen LogP) is 3.16. The lowest BCUT2D eigenvalue weighted by atomic mass is 10.2. The third kappa shape index (κ3) is 3.00. The minimum atomic E-state index is -0.479. The molecule has 1 saturated heterocycles. The van der Waals surface area contributed by atoms with E-state index in [2.05, 4.69) is 37.2 Å². The fraction of sp³-hybridized carbons (Fsp3) is 0.385. The fourth-order valence-corrected chi connectivity index (χ4v) is 3.26. The molecular formula is C13H14Br2N2O2. The standard InChI is InChI=1S/C13H14Br2N2O2/c1-7(2)17-12(18)6-11(13(17)19)16-10-4-3-8(14)5-9(10)15/h3-5,7,11,16H,6H2,1-2H3. The Morgan fingerprint density at radius 1 is 1.32 bits per heavy atom. The summed E-state index contributed by atoms with van der Waals surface area (Å²) in [6.45, 7) is 3.68. The van der Waals surface area contributed by atoms with Gasteiger partial charge in [0, 0.05) is 20.7 Å². The van der Waals surface area contributed by atoms with Crippen molar-refractivity contribution in [1.29, 1.82) is 0 Å². The van der Waals surface area contributed by atoms with Crippen LogP contribution in [-0.2, 0) is 9.59 Å². The molecule has 0 spiro atoms. The van der Waals surface area contributed by atoms with Crippen LogP contribution in [-0.4, -0.2) is 28.8 Å². The Bertz CT molecular complexity index is 531. The zero-order valence-corrected chi connectivity index (χ0v) is 13.8. The van der Waals surface area contributed by atoms with Gasteiger partial charge in [0.1, 0.15) is 6.04 Å². The van der Waals surface area contributed by atoms with E-state index in [-0.39, 0.29) is 24.3 Å². The first-order chi connectivity index (χ1) is 8.90. The van der Waals surface area contributed by atoms with Crippen molar-refractivity contribution < 1.29 is 9.59 Å². The molecule has 2 rings (SSSR count). The summed E-state index contributed by atoms with van der Waals surface area (Å²) in [5, 5.41) is 3.12. The van der Waals surface area contributed by atoms with Gasteiger partial charge in [0.05, 0.1) is 6.42 Å². The third-order valence-corrected chi connectivity index (χ3v) is 4.11. The largest absolute Gasteiger partial charge is 0.372 e. The number of amides is 2. The van der Waals surface area contributed by atoms with Gasteiger partial charge in [-0.05, 0) is 48.0 Å². The molecule has 6 heteroatoms. The average Bonchev–Trinajstić information content (AvgIpc) is 2.58. The van der Waals surface area contributed by atoms with E-state index in [1.165, 1.54) is 4.90 Å². The number of hydrogen-bond acceptors (Lipinski definition) is 3. The number of nitrogens with one attached hydrogen (secondary N) is 1. The lowest BCUT2D eigenvalue weighted by molar-refractivity contribution is -0.140. The number of rotatable bonds is 3. The fourth-order valence-electron chi connectivity index (χ4n) is 2.10. The number of benzene rings is 1. The number of nitrogens with zero attached hydrogens (tertiary/aromatic N) is 1. The quantitative estimate of drug-likeness (QED) is 0.807. The minimum absolute atomic E-state index is 0.0971. The summed E-state index contributed by atoms with van der Waals surface area (Å²) in [4.78, 5) is 25.3. The van der Waals surface area contributed by atoms with Crippen LogP contribution in [0.15, 0.2) is 27.1 Å². The monoisotopic (exact) mass is 388 g/mol. The van der Waals surface area contributed by atoms with Crippen molar-refractivity contribution in [2.24, 2.45) is 0 Å². The van der Waals surface area contributed by atoms with Gasteiger partial charge in [0.25, 0.3) is 5.91 Å². The van der Waals surface area contributed by atoms with Crippen molar-refractivity contribution in [2.45, 2.75) is 32.4 Å². The van der Waals surface area contributed by atoms with Crippen LogP contribution in [0.4, 0.5) is 5.69 Å². The number of likely N-dealkylation sites (tertiary alicyclic amines) is 1. The SMILES string of the molecule is CC(C)N1C(=O)CC(Nc2ccc(Br)cc2Br)C1=O. The highest BCUT2D eigenvalue weighted by Gasteiger charge is 2.39. The van der Waals surface area contributed by atoms with Crippen LogP contribution in [0.1, 0.15) is 20.3 Å². The number of hydrogen-bond donors (Lipinski definition) is 1. The van der Waals surface area contributed by atoms with E-state index in [0.29, 0.717) is 0 Å². The van der Waals surface area contributed by atoms with Gasteiger partial charge in [0.2, 0.25) is 5.91 Å². The van der Waals surface area contributed by atoms with Crippen molar-refractivity contribution in [1.82, 2.24) is 4.90 Å². The molecule has 1 N–H and O–H groups in total. The Morgan fingerprint density at radius 3 is 2.53 bits per heavy atom. The van der Waals surface area contributed by atoms with Crippen molar-refractivity contribution in [3.63, 3.8) is 0 Å². The highest BCUT2D eigenvalue weighted by Crippen LogP contribution is 2.28. The molecule has 0 bridgehead atoms. The molecule has 1 aromatic carbocycles. The summed E-state index contributed by atoms with van der Waals surface area (Å²) in [7, 11) is 0. The third-order valence-electron chi connectivity index (χ3n) is 2.96. The second kappa shape index (κ2) is 5.63. The predicted molar refractivity (Wildman–Crippen MR) is 80.9 cm³/mol. The van der Waals surface area contributed by atoms with Crippen LogP contribution >= 0.6 is 31.9 Å². The summed E-state index contributed by atoms with van der Waals surface area (Å²) in [6.07, 6.45) is 0.208. The Balaban J connectivity index is 2.16. The summed E-state index contributed by atoms with van der Waals surface area (Å²) in [6, 6.07) is 5.06. The zero-order valence-electron chi connectivity index (χ0n) is 10.6. The summed E-state index contributed by atoms with van der Waals surface area (Å²) >= 11 is 6.80. The topological polar surface area (TPSA) is 49.4 Å². The molecule has 1 aliphatic heterocycles. The van der Waals surface area contributed by atoms with E-state index < -0.39 is 6.04 Å². The summed E-state index contributed by atoms with van der Waals surface area (Å²) < 4.78 is 1.80. The highest BCUT2D eigenvalue weighted by atomic mass is 79.9. The molecule has 1 heterocycles. The first-order valence-electron chi connectivity index (χ1n) is 5.97. The summed E-state index contributed by atoms with van der Waals surface area (Å²) in [5.41, 5.74) is 0.806. The molecule has 1 aromatic rings. The van der Waals surface area contributed by atoms with Crippen molar-refractivity contribution >= 4 is 49.4 Å². The molecule has 0 aliphatic carbocycles. The van der Waals surface area contributed by atoms with Gasteiger partial charge in [-0.15, -0.1) is 0 Å². The second-order valence-corrected chi connectivity index (χ2v) is 6.49. The molecule has 1 unspecified atom stereocenters. The smallest absolute Gasteiger partial charge is 0.252 e. The molecule has 1 fully saturated rings. The van der Waals surface area contributed by atoms with Crippen LogP contribution in [0.3, 0.4) is 0 Å². The molecule has 0 saturated carbocycles. The molecule has 0 radical (unpaired) electrons. The molecule has 19 heavy (non-hydrogen) atoms. The van der Waals surface area contributed by atoms with Crippen molar-refractivity contribution in [3.8, 4) is 0 Å². The summed E-state index contributed by atoms with van der Waals surface area (Å²) in [5.74, 6) is -0.277. The Kier molecular flexibility index (Phi) is 4.30. The normalized spacial score (nSPS) is 19.4. The van der Waals surface area contributed by atoms with Crippen molar-refractivity contribution in [3.05, 3.63) is 27.1 Å². The van der Waals surface area contributed by atoms with E-state index >= 15 is 0 Å². The number of halogens is 2. The van der Waals surface area contributed by atoms with E-state index in [4.69, 9.17) is 0 Å². The Morgan fingerprint density at radius 2 is 2.00 bits per heavy atom. The van der Waals surface area contributed by atoms with Gasteiger partial charge in [-0.2, -0.15) is 0 Å². The van der Waals surface area contributed by atoms with Crippen LogP contribution in [0, 0.1) is 0 Å². The molecule has 102 valence electrons. The molecule has 2 amide bonds. The van der Waals surface area contributed by atoms with Gasteiger partial charge < -0.3 is 5.32 Å². The number of anilines is 1. The maximum atomic E-state index is 12.2. The van der Waals surface area contributed by atoms with E-state index in [0.717, 1.165) is 14.6 Å². The van der Waals surface area contributed by atoms with E-state index in [1.807, 2.05) is 32.0 Å². The average molecular weight is 390 g/mol. The van der Waals surface area contributed by atoms with Gasteiger partial charge in [-0.3, -0.25) is 14.5 Å². The van der Waals surface area contributed by atoms with Gasteiger partial charge in [-0.1, -0.05) is 15.9 Å². The lowest BCUT2D eigenvalue weighted by Gasteiger charge is -2.19. The van der Waals surface area contributed by atoms with Gasteiger partial charge in [0.15, 0.2) is 0 Å². The first-order valence-corrected chi connectivity index (χ1v) is 7.56. The van der Waals surface area contributed by atoms with Crippen LogP contribution in [0.5, 0.6) is 0 Å². The molecule has 4 nitrogen and oxygen atoms in total. The number of imide groups is 1. The first kappa shape index (κ1) is 14.5. The van der Waals surface area contributed by atoms with E-state index in [1.54, 1.807) is 0 Å². The maximum Gasteiger partial charge on any atom is 0.252 e. The Hall–Kier alpha value is -0.880. The molecule has 1 atom stereocenters. The second-order valence-electron chi connectivity index (χ2n) is 4.72. The number of carbonyl (C=O) groups is 2. The molecular weight excluding hydrogens is 376 g/mol. The molecule has 0 aromatic heterocycles. The molecule has 1 aliphatic rings.